The van der Waals surface area contributed by atoms with Gasteiger partial charge in [-0.1, -0.05) is 78.9 Å². The third-order valence-corrected chi connectivity index (χ3v) is 8.13. The molecule has 5 aromatic rings. The van der Waals surface area contributed by atoms with Crippen molar-refractivity contribution < 1.29 is 0 Å². The van der Waals surface area contributed by atoms with E-state index >= 15 is 0 Å². The Hall–Kier alpha value is -4.24. The van der Waals surface area contributed by atoms with Crippen molar-refractivity contribution in [3.8, 4) is 0 Å². The van der Waals surface area contributed by atoms with E-state index in [2.05, 4.69) is 141 Å². The zero-order chi connectivity index (χ0) is 25.3. The third kappa shape index (κ3) is 3.07. The topological polar surface area (TPSA) is 6.48 Å². The number of rotatable bonds is 2. The number of hydrogen-bond donors (Lipinski definition) is 0. The fourth-order valence-electron chi connectivity index (χ4n) is 6.63. The minimum Gasteiger partial charge on any atom is -0.311 e. The molecule has 0 amide bonds. The second kappa shape index (κ2) is 8.14. The minimum atomic E-state index is 0.180. The number of nitrogens with zero attached hydrogens (tertiary/aromatic N) is 2. The Morgan fingerprint density at radius 1 is 0.405 bits per heavy atom. The van der Waals surface area contributed by atoms with Gasteiger partial charge in [0.15, 0.2) is 0 Å². The Morgan fingerprint density at radius 2 is 0.757 bits per heavy atom. The van der Waals surface area contributed by atoms with E-state index < -0.39 is 0 Å². The van der Waals surface area contributed by atoms with Gasteiger partial charge in [0.1, 0.15) is 0 Å². The van der Waals surface area contributed by atoms with E-state index in [1.165, 1.54) is 72.8 Å². The monoisotopic (exact) mass is 476 g/mol. The highest BCUT2D eigenvalue weighted by molar-refractivity contribution is 7.00. The van der Waals surface area contributed by atoms with Gasteiger partial charge in [-0.05, 0) is 90.6 Å². The van der Waals surface area contributed by atoms with Crippen LogP contribution in [0.3, 0.4) is 0 Å². The predicted octanol–water partition coefficient (Wildman–Crippen LogP) is 7.00. The van der Waals surface area contributed by atoms with Crippen LogP contribution in [0, 0.1) is 27.7 Å². The number of aryl methyl sites for hydroxylation is 4. The van der Waals surface area contributed by atoms with Crippen molar-refractivity contribution in [2.24, 2.45) is 0 Å². The van der Waals surface area contributed by atoms with Crippen LogP contribution in [0.25, 0.3) is 0 Å². The van der Waals surface area contributed by atoms with Gasteiger partial charge in [0.25, 0.3) is 6.71 Å². The first-order chi connectivity index (χ1) is 18.1. The lowest BCUT2D eigenvalue weighted by Crippen LogP contribution is -2.61. The number of fused-ring (bicyclic) bond motifs is 4. The lowest BCUT2D eigenvalue weighted by molar-refractivity contribution is 1.20. The summed E-state index contributed by atoms with van der Waals surface area (Å²) >= 11 is 0. The molecule has 0 spiro atoms. The Kier molecular flexibility index (Phi) is 4.84. The first-order valence-corrected chi connectivity index (χ1v) is 13.1. The van der Waals surface area contributed by atoms with E-state index in [4.69, 9.17) is 0 Å². The lowest BCUT2D eigenvalue weighted by atomic mass is 9.33. The molecule has 7 rings (SSSR count). The normalized spacial score (nSPS) is 13.2. The van der Waals surface area contributed by atoms with Crippen molar-refractivity contribution in [2.45, 2.75) is 27.7 Å². The molecule has 2 heterocycles. The van der Waals surface area contributed by atoms with Gasteiger partial charge in [-0.25, -0.2) is 0 Å². The molecular weight excluding hydrogens is 447 g/mol. The fraction of sp³-hybridized carbons (Fsp3) is 0.118. The zero-order valence-corrected chi connectivity index (χ0v) is 21.8. The Bertz CT molecular complexity index is 1540. The highest BCUT2D eigenvalue weighted by atomic mass is 15.2. The molecule has 0 atom stereocenters. The summed E-state index contributed by atoms with van der Waals surface area (Å²) in [7, 11) is 0. The summed E-state index contributed by atoms with van der Waals surface area (Å²) in [5, 5.41) is 0. The minimum absolute atomic E-state index is 0.180. The summed E-state index contributed by atoms with van der Waals surface area (Å²) in [5.41, 5.74) is 16.9. The van der Waals surface area contributed by atoms with Crippen molar-refractivity contribution in [1.29, 1.82) is 0 Å². The summed E-state index contributed by atoms with van der Waals surface area (Å²) in [6, 6.07) is 38.0. The molecule has 37 heavy (non-hydrogen) atoms. The number of benzene rings is 5. The maximum atomic E-state index is 2.51. The van der Waals surface area contributed by atoms with Gasteiger partial charge in [0, 0.05) is 22.7 Å². The maximum absolute atomic E-state index is 2.51. The molecule has 0 aliphatic carbocycles. The van der Waals surface area contributed by atoms with Crippen molar-refractivity contribution in [1.82, 2.24) is 0 Å². The molecule has 0 radical (unpaired) electrons. The van der Waals surface area contributed by atoms with Crippen LogP contribution in [0.2, 0.25) is 0 Å². The standard InChI is InChI=1S/C34H29BN2/c1-22-12-9-13-23(2)33(22)36-28-18-7-5-16-26(28)35-27-17-6-8-19-29(27)37(31-21-11-20-30(36)32(31)35)34-24(3)14-10-15-25(34)4/h5-21H,1-4H3. The molecular formula is C34H29BN2. The molecule has 0 saturated heterocycles. The van der Waals surface area contributed by atoms with Crippen LogP contribution in [0.1, 0.15) is 22.3 Å². The largest absolute Gasteiger partial charge is 0.311 e. The molecule has 178 valence electrons. The molecule has 2 aliphatic rings. The van der Waals surface area contributed by atoms with Crippen LogP contribution < -0.4 is 26.2 Å². The van der Waals surface area contributed by atoms with Crippen LogP contribution in [0.5, 0.6) is 0 Å². The number of hydrogen-bond acceptors (Lipinski definition) is 2. The van der Waals surface area contributed by atoms with Gasteiger partial charge < -0.3 is 9.80 Å². The average Bonchev–Trinajstić information content (AvgIpc) is 2.90. The van der Waals surface area contributed by atoms with Gasteiger partial charge in [0.05, 0.1) is 11.4 Å². The highest BCUT2D eigenvalue weighted by Gasteiger charge is 2.43. The van der Waals surface area contributed by atoms with Crippen molar-refractivity contribution in [2.75, 3.05) is 9.80 Å². The average molecular weight is 476 g/mol. The van der Waals surface area contributed by atoms with Crippen molar-refractivity contribution in [3.63, 3.8) is 0 Å². The first kappa shape index (κ1) is 22.0. The smallest absolute Gasteiger partial charge is 0.252 e. The summed E-state index contributed by atoms with van der Waals surface area (Å²) < 4.78 is 0. The maximum Gasteiger partial charge on any atom is 0.252 e. The summed E-state index contributed by atoms with van der Waals surface area (Å²) in [4.78, 5) is 5.01. The van der Waals surface area contributed by atoms with Crippen molar-refractivity contribution >= 4 is 57.2 Å². The second-order valence-electron chi connectivity index (χ2n) is 10.4. The van der Waals surface area contributed by atoms with Crippen LogP contribution in [-0.2, 0) is 0 Å². The molecule has 3 heteroatoms. The second-order valence-corrected chi connectivity index (χ2v) is 10.4. The molecule has 0 aromatic heterocycles. The van der Waals surface area contributed by atoms with E-state index in [1.807, 2.05) is 0 Å². The van der Waals surface area contributed by atoms with E-state index in [0.29, 0.717) is 0 Å². The summed E-state index contributed by atoms with van der Waals surface area (Å²) in [6.07, 6.45) is 0. The van der Waals surface area contributed by atoms with Crippen LogP contribution in [-0.4, -0.2) is 6.71 Å². The van der Waals surface area contributed by atoms with Crippen LogP contribution in [0.4, 0.5) is 34.1 Å². The quantitative estimate of drug-likeness (QED) is 0.248. The first-order valence-electron chi connectivity index (χ1n) is 13.1. The molecule has 2 nitrogen and oxygen atoms in total. The molecule has 0 bridgehead atoms. The predicted molar refractivity (Wildman–Crippen MR) is 159 cm³/mol. The number of anilines is 6. The summed E-state index contributed by atoms with van der Waals surface area (Å²) in [6.45, 7) is 9.09. The third-order valence-electron chi connectivity index (χ3n) is 8.13. The summed E-state index contributed by atoms with van der Waals surface area (Å²) in [5.74, 6) is 0. The van der Waals surface area contributed by atoms with Gasteiger partial charge in [-0.2, -0.15) is 0 Å². The molecule has 5 aromatic carbocycles. The van der Waals surface area contributed by atoms with E-state index in [0.717, 1.165) is 0 Å². The molecule has 2 aliphatic heterocycles. The van der Waals surface area contributed by atoms with Crippen LogP contribution in [0.15, 0.2) is 103 Å². The van der Waals surface area contributed by atoms with Gasteiger partial charge in [-0.3, -0.25) is 0 Å². The van der Waals surface area contributed by atoms with E-state index in [9.17, 15) is 0 Å². The SMILES string of the molecule is Cc1cccc(C)c1N1c2ccccc2B2c3ccccc3N(c3c(C)cccc3C)c3cccc1c32. The van der Waals surface area contributed by atoms with Crippen LogP contribution >= 0.6 is 0 Å². The fourth-order valence-corrected chi connectivity index (χ4v) is 6.63. The molecule has 0 fully saturated rings. The molecule has 0 unspecified atom stereocenters. The molecule has 0 saturated carbocycles. The van der Waals surface area contributed by atoms with E-state index in [-0.39, 0.29) is 6.71 Å². The highest BCUT2D eigenvalue weighted by Crippen LogP contribution is 2.46. The van der Waals surface area contributed by atoms with Gasteiger partial charge >= 0.3 is 0 Å². The van der Waals surface area contributed by atoms with E-state index in [1.54, 1.807) is 0 Å². The Morgan fingerprint density at radius 3 is 1.19 bits per heavy atom. The zero-order valence-electron chi connectivity index (χ0n) is 21.8. The van der Waals surface area contributed by atoms with Gasteiger partial charge in [-0.15, -0.1) is 0 Å². The number of para-hydroxylation sites is 4. The van der Waals surface area contributed by atoms with Gasteiger partial charge in [0.2, 0.25) is 0 Å². The Balaban J connectivity index is 1.61. The van der Waals surface area contributed by atoms with Crippen molar-refractivity contribution in [3.05, 3.63) is 125 Å². The lowest BCUT2D eigenvalue weighted by Gasteiger charge is -2.45. The molecule has 0 N–H and O–H groups in total. The Labute approximate surface area is 219 Å².